The van der Waals surface area contributed by atoms with Crippen molar-refractivity contribution < 1.29 is 18.9 Å². The molecule has 1 heterocycles. The van der Waals surface area contributed by atoms with Crippen molar-refractivity contribution in [3.05, 3.63) is 18.2 Å². The fraction of sp³-hybridized carbons (Fsp3) is 0.474. The maximum atomic E-state index is 5.49. The topological polar surface area (TPSA) is 74.7 Å². The molecule has 0 radical (unpaired) electrons. The van der Waals surface area contributed by atoms with Crippen LogP contribution in [0, 0.1) is 0 Å². The minimum absolute atomic E-state index is 0.282. The van der Waals surface area contributed by atoms with Gasteiger partial charge in [0, 0.05) is 17.7 Å². The highest BCUT2D eigenvalue weighted by molar-refractivity contribution is 5.74. The largest absolute Gasteiger partial charge is 0.497 e. The van der Waals surface area contributed by atoms with Crippen LogP contribution >= 0.6 is 0 Å². The summed E-state index contributed by atoms with van der Waals surface area (Å²) in [6, 6.07) is 5.77. The molecule has 2 aromatic rings. The van der Waals surface area contributed by atoms with Crippen molar-refractivity contribution in [1.29, 1.82) is 0 Å². The van der Waals surface area contributed by atoms with E-state index >= 15 is 0 Å². The highest BCUT2D eigenvalue weighted by atomic mass is 16.5. The van der Waals surface area contributed by atoms with Gasteiger partial charge in [-0.15, -0.1) is 0 Å². The maximum absolute atomic E-state index is 5.49. The van der Waals surface area contributed by atoms with E-state index in [9.17, 15) is 0 Å². The lowest BCUT2D eigenvalue weighted by atomic mass is 10.1. The van der Waals surface area contributed by atoms with Crippen LogP contribution in [0.4, 0.5) is 5.82 Å². The van der Waals surface area contributed by atoms with Gasteiger partial charge in [0.25, 0.3) is 5.88 Å². The second-order valence-electron chi connectivity index (χ2n) is 5.66. The molecule has 0 aliphatic heterocycles. The molecule has 1 N–H and O–H groups in total. The Morgan fingerprint density at radius 1 is 0.885 bits per heavy atom. The summed E-state index contributed by atoms with van der Waals surface area (Å²) in [5, 5.41) is 3.37. The molecule has 0 fully saturated rings. The number of anilines is 1. The summed E-state index contributed by atoms with van der Waals surface area (Å²) in [7, 11) is 6.34. The average Bonchev–Trinajstić information content (AvgIpc) is 2.70. The molecule has 0 aliphatic rings. The Morgan fingerprint density at radius 3 is 2.12 bits per heavy atom. The van der Waals surface area contributed by atoms with Gasteiger partial charge in [-0.25, -0.2) is 4.98 Å². The lowest BCUT2D eigenvalue weighted by Crippen LogP contribution is -2.19. The zero-order chi connectivity index (χ0) is 19.1. The summed E-state index contributed by atoms with van der Waals surface area (Å²) >= 11 is 0. The summed E-state index contributed by atoms with van der Waals surface area (Å²) in [4.78, 5) is 9.21. The van der Waals surface area contributed by atoms with Crippen LogP contribution in [0.1, 0.15) is 26.7 Å². The molecule has 7 heteroatoms. The van der Waals surface area contributed by atoms with Crippen molar-refractivity contribution in [3.63, 3.8) is 0 Å². The number of aromatic nitrogens is 2. The van der Waals surface area contributed by atoms with Gasteiger partial charge in [0.2, 0.25) is 5.88 Å². The van der Waals surface area contributed by atoms with E-state index < -0.39 is 0 Å². The number of hydrogen-bond acceptors (Lipinski definition) is 7. The van der Waals surface area contributed by atoms with E-state index in [1.54, 1.807) is 34.5 Å². The first-order valence-corrected chi connectivity index (χ1v) is 8.60. The second-order valence-corrected chi connectivity index (χ2v) is 5.66. The van der Waals surface area contributed by atoms with Crippen LogP contribution in [-0.4, -0.2) is 44.4 Å². The monoisotopic (exact) mass is 361 g/mol. The summed E-state index contributed by atoms with van der Waals surface area (Å²) in [6.07, 6.45) is 1.94. The number of nitrogens with zero attached hydrogens (tertiary/aromatic N) is 2. The Balaban J connectivity index is 2.56. The number of ether oxygens (including phenoxy) is 4. The van der Waals surface area contributed by atoms with Gasteiger partial charge in [-0.3, -0.25) is 0 Å². The van der Waals surface area contributed by atoms with Gasteiger partial charge < -0.3 is 24.3 Å². The predicted molar refractivity (Wildman–Crippen MR) is 102 cm³/mol. The number of methoxy groups -OCH3 is 4. The molecule has 7 nitrogen and oxygen atoms in total. The van der Waals surface area contributed by atoms with Crippen LogP contribution in [-0.2, 0) is 0 Å². The first kappa shape index (κ1) is 19.6. The Hall–Kier alpha value is -2.70. The van der Waals surface area contributed by atoms with Gasteiger partial charge in [0.1, 0.15) is 17.2 Å². The Morgan fingerprint density at radius 2 is 1.58 bits per heavy atom. The second kappa shape index (κ2) is 9.12. The number of nitrogens with one attached hydrogen (secondary N) is 1. The van der Waals surface area contributed by atoms with Gasteiger partial charge in [-0.2, -0.15) is 4.98 Å². The van der Waals surface area contributed by atoms with Crippen LogP contribution < -0.4 is 24.3 Å². The number of benzene rings is 1. The molecule has 0 atom stereocenters. The lowest BCUT2D eigenvalue weighted by Gasteiger charge is -2.19. The number of hydrogen-bond donors (Lipinski definition) is 1. The Bertz CT molecular complexity index is 733. The molecule has 0 aliphatic carbocycles. The molecule has 0 saturated heterocycles. The smallest absolute Gasteiger partial charge is 0.258 e. The molecule has 1 aromatic heterocycles. The number of rotatable bonds is 9. The third kappa shape index (κ3) is 4.09. The quantitative estimate of drug-likeness (QED) is 0.728. The van der Waals surface area contributed by atoms with E-state index in [0.717, 1.165) is 18.4 Å². The molecule has 0 spiro atoms. The Labute approximate surface area is 154 Å². The molecule has 0 amide bonds. The highest BCUT2D eigenvalue weighted by Gasteiger charge is 2.21. The standard InChI is InChI=1S/C19H27N3O4/c1-7-12(8-2)20-17-19(26-6)21-16(18(22-17)25-5)14-10-9-13(23-3)11-15(14)24-4/h9-12H,7-8H2,1-6H3,(H,20,22). The molecule has 26 heavy (non-hydrogen) atoms. The van der Waals surface area contributed by atoms with E-state index in [1.165, 1.54) is 0 Å². The average molecular weight is 361 g/mol. The van der Waals surface area contributed by atoms with Crippen molar-refractivity contribution >= 4 is 5.82 Å². The van der Waals surface area contributed by atoms with Crippen LogP contribution in [0.2, 0.25) is 0 Å². The summed E-state index contributed by atoms with van der Waals surface area (Å²) in [6.45, 7) is 4.24. The van der Waals surface area contributed by atoms with Crippen molar-refractivity contribution in [3.8, 4) is 34.5 Å². The first-order chi connectivity index (χ1) is 12.6. The summed E-state index contributed by atoms with van der Waals surface area (Å²) in [5.41, 5.74) is 1.28. The minimum atomic E-state index is 0.282. The molecular weight excluding hydrogens is 334 g/mol. The van der Waals surface area contributed by atoms with Gasteiger partial charge in [0.15, 0.2) is 5.82 Å². The third-order valence-electron chi connectivity index (χ3n) is 4.21. The van der Waals surface area contributed by atoms with Gasteiger partial charge in [-0.05, 0) is 25.0 Å². The highest BCUT2D eigenvalue weighted by Crippen LogP contribution is 2.39. The van der Waals surface area contributed by atoms with Crippen LogP contribution in [0.3, 0.4) is 0 Å². The van der Waals surface area contributed by atoms with Crippen molar-refractivity contribution in [2.24, 2.45) is 0 Å². The molecule has 2 rings (SSSR count). The molecule has 0 saturated carbocycles. The van der Waals surface area contributed by atoms with Gasteiger partial charge in [0.05, 0.1) is 28.4 Å². The van der Waals surface area contributed by atoms with E-state index in [1.807, 2.05) is 12.1 Å². The molecular formula is C19H27N3O4. The summed E-state index contributed by atoms with van der Waals surface area (Å²) < 4.78 is 21.7. The van der Waals surface area contributed by atoms with E-state index in [4.69, 9.17) is 18.9 Å². The van der Waals surface area contributed by atoms with Crippen molar-refractivity contribution in [2.45, 2.75) is 32.7 Å². The fourth-order valence-corrected chi connectivity index (χ4v) is 2.64. The van der Waals surface area contributed by atoms with Crippen molar-refractivity contribution in [1.82, 2.24) is 9.97 Å². The van der Waals surface area contributed by atoms with E-state index in [-0.39, 0.29) is 6.04 Å². The fourth-order valence-electron chi connectivity index (χ4n) is 2.64. The van der Waals surface area contributed by atoms with Crippen LogP contribution in [0.25, 0.3) is 11.3 Å². The van der Waals surface area contributed by atoms with Crippen LogP contribution in [0.5, 0.6) is 23.3 Å². The SMILES string of the molecule is CCC(CC)Nc1nc(OC)c(-c2ccc(OC)cc2OC)nc1OC. The lowest BCUT2D eigenvalue weighted by molar-refractivity contribution is 0.376. The molecule has 142 valence electrons. The Kier molecular flexibility index (Phi) is 6.89. The van der Waals surface area contributed by atoms with E-state index in [0.29, 0.717) is 34.8 Å². The third-order valence-corrected chi connectivity index (χ3v) is 4.21. The molecule has 1 aromatic carbocycles. The summed E-state index contributed by atoms with van der Waals surface area (Å²) in [5.74, 6) is 2.67. The zero-order valence-corrected chi connectivity index (χ0v) is 16.3. The molecule has 0 bridgehead atoms. The van der Waals surface area contributed by atoms with Gasteiger partial charge in [-0.1, -0.05) is 13.8 Å². The van der Waals surface area contributed by atoms with E-state index in [2.05, 4.69) is 29.1 Å². The maximum Gasteiger partial charge on any atom is 0.258 e. The first-order valence-electron chi connectivity index (χ1n) is 8.60. The van der Waals surface area contributed by atoms with Gasteiger partial charge >= 0.3 is 0 Å². The predicted octanol–water partition coefficient (Wildman–Crippen LogP) is 3.78. The van der Waals surface area contributed by atoms with Crippen molar-refractivity contribution in [2.75, 3.05) is 33.8 Å². The molecule has 0 unspecified atom stereocenters. The normalized spacial score (nSPS) is 10.6. The van der Waals surface area contributed by atoms with Crippen LogP contribution in [0.15, 0.2) is 18.2 Å². The zero-order valence-electron chi connectivity index (χ0n) is 16.3. The minimum Gasteiger partial charge on any atom is -0.497 e.